The second-order valence-corrected chi connectivity index (χ2v) is 9.05. The topological polar surface area (TPSA) is 47.9 Å². The number of hydrogen-bond acceptors (Lipinski definition) is 4. The smallest absolute Gasteiger partial charge is 0.119 e. The Kier molecular flexibility index (Phi) is 6.29. The van der Waals surface area contributed by atoms with Crippen molar-refractivity contribution in [2.45, 2.75) is 63.4 Å². The maximum absolute atomic E-state index is 11.0. The van der Waals surface area contributed by atoms with E-state index in [1.54, 1.807) is 19.8 Å². The molecule has 0 amide bonds. The Morgan fingerprint density at radius 3 is 2.79 bits per heavy atom. The fourth-order valence-corrected chi connectivity index (χ4v) is 6.69. The van der Waals surface area contributed by atoms with Crippen LogP contribution < -0.4 is 4.74 Å². The van der Waals surface area contributed by atoms with E-state index in [1.807, 2.05) is 0 Å². The molecule has 1 N–H and O–H groups in total. The summed E-state index contributed by atoms with van der Waals surface area (Å²) in [5.74, 6) is 3.03. The number of aryl methyl sites for hydroxylation is 1. The van der Waals surface area contributed by atoms with E-state index in [0.29, 0.717) is 25.0 Å². The Labute approximate surface area is 169 Å². The lowest BCUT2D eigenvalue weighted by atomic mass is 9.53. The average Bonchev–Trinajstić information content (AvgIpc) is 3.06. The number of fused-ring (bicyclic) bond motifs is 5. The summed E-state index contributed by atoms with van der Waals surface area (Å²) in [4.78, 5) is 0. The van der Waals surface area contributed by atoms with E-state index < -0.39 is 0 Å². The number of rotatable bonds is 8. The highest BCUT2D eigenvalue weighted by Crippen LogP contribution is 2.62. The van der Waals surface area contributed by atoms with Crippen LogP contribution in [0.4, 0.5) is 0 Å². The molecule has 4 rings (SSSR count). The maximum Gasteiger partial charge on any atom is 0.119 e. The highest BCUT2D eigenvalue weighted by Gasteiger charge is 2.56. The highest BCUT2D eigenvalue weighted by atomic mass is 16.5. The van der Waals surface area contributed by atoms with Gasteiger partial charge in [-0.05, 0) is 97.8 Å². The van der Waals surface area contributed by atoms with E-state index in [-0.39, 0.29) is 11.5 Å². The maximum atomic E-state index is 11.0. The molecule has 2 unspecified atom stereocenters. The van der Waals surface area contributed by atoms with Gasteiger partial charge in [0.25, 0.3) is 0 Å². The third-order valence-corrected chi connectivity index (χ3v) is 7.97. The summed E-state index contributed by atoms with van der Waals surface area (Å²) < 4.78 is 16.2. The summed E-state index contributed by atoms with van der Waals surface area (Å²) in [6.45, 7) is 2.10. The number of ether oxygens (including phenoxy) is 3. The first-order chi connectivity index (χ1) is 13.7. The first kappa shape index (κ1) is 20.2. The molecule has 0 heterocycles. The van der Waals surface area contributed by atoms with Crippen LogP contribution >= 0.6 is 0 Å². The molecule has 0 aliphatic heterocycles. The largest absolute Gasteiger partial charge is 0.497 e. The van der Waals surface area contributed by atoms with Gasteiger partial charge in [0, 0.05) is 13.7 Å². The quantitative estimate of drug-likeness (QED) is 0.673. The Morgan fingerprint density at radius 1 is 1.07 bits per heavy atom. The van der Waals surface area contributed by atoms with Gasteiger partial charge in [0.05, 0.1) is 26.4 Å². The summed E-state index contributed by atoms with van der Waals surface area (Å²) in [6.07, 6.45) is 8.96. The van der Waals surface area contributed by atoms with Crippen LogP contribution in [0.3, 0.4) is 0 Å². The van der Waals surface area contributed by atoms with Gasteiger partial charge in [-0.1, -0.05) is 6.07 Å². The van der Waals surface area contributed by atoms with Gasteiger partial charge in [-0.15, -0.1) is 0 Å². The summed E-state index contributed by atoms with van der Waals surface area (Å²) in [5.41, 5.74) is 3.16. The monoisotopic (exact) mass is 388 g/mol. The Hall–Kier alpha value is -1.10. The third-order valence-electron chi connectivity index (χ3n) is 7.97. The Bertz CT molecular complexity index is 660. The molecule has 0 saturated heterocycles. The number of aliphatic hydroxyl groups excluding tert-OH is 1. The minimum absolute atomic E-state index is 0.121. The predicted molar refractivity (Wildman–Crippen MR) is 110 cm³/mol. The molecule has 0 radical (unpaired) electrons. The SMILES string of the molecule is COCCOCCCC12CC[C@@H]3c4ccc(OC)cc4CC[C@H]3[C@@H]1CCC2O. The first-order valence-electron chi connectivity index (χ1n) is 11.1. The van der Waals surface area contributed by atoms with Gasteiger partial charge in [0.1, 0.15) is 5.75 Å². The third kappa shape index (κ3) is 3.59. The molecule has 28 heavy (non-hydrogen) atoms. The molecule has 4 heteroatoms. The summed E-state index contributed by atoms with van der Waals surface area (Å²) in [7, 11) is 3.46. The van der Waals surface area contributed by atoms with Crippen LogP contribution in [0, 0.1) is 17.3 Å². The molecule has 4 nitrogen and oxygen atoms in total. The van der Waals surface area contributed by atoms with Crippen molar-refractivity contribution in [3.05, 3.63) is 29.3 Å². The molecule has 0 bridgehead atoms. The van der Waals surface area contributed by atoms with Gasteiger partial charge < -0.3 is 19.3 Å². The van der Waals surface area contributed by atoms with Gasteiger partial charge in [-0.2, -0.15) is 0 Å². The normalized spacial score (nSPS) is 33.8. The molecule has 156 valence electrons. The van der Waals surface area contributed by atoms with Crippen LogP contribution in [0.15, 0.2) is 18.2 Å². The second kappa shape index (κ2) is 8.73. The van der Waals surface area contributed by atoms with Gasteiger partial charge >= 0.3 is 0 Å². The van der Waals surface area contributed by atoms with Gasteiger partial charge in [0.2, 0.25) is 0 Å². The zero-order valence-corrected chi connectivity index (χ0v) is 17.5. The van der Waals surface area contributed by atoms with Crippen LogP contribution in [0.25, 0.3) is 0 Å². The summed E-state index contributed by atoms with van der Waals surface area (Å²) in [6, 6.07) is 6.69. The van der Waals surface area contributed by atoms with E-state index in [4.69, 9.17) is 14.2 Å². The highest BCUT2D eigenvalue weighted by molar-refractivity contribution is 5.40. The predicted octanol–water partition coefficient (Wildman–Crippen LogP) is 4.34. The fraction of sp³-hybridized carbons (Fsp3) is 0.750. The van der Waals surface area contributed by atoms with Crippen molar-refractivity contribution in [3.8, 4) is 5.75 Å². The van der Waals surface area contributed by atoms with Crippen LogP contribution in [0.5, 0.6) is 5.75 Å². The number of aliphatic hydroxyl groups is 1. The second-order valence-electron chi connectivity index (χ2n) is 9.05. The molecule has 2 saturated carbocycles. The van der Waals surface area contributed by atoms with Crippen LogP contribution in [0.2, 0.25) is 0 Å². The number of benzene rings is 1. The summed E-state index contributed by atoms with van der Waals surface area (Å²) >= 11 is 0. The first-order valence-corrected chi connectivity index (χ1v) is 11.1. The van der Waals surface area contributed by atoms with Crippen LogP contribution in [-0.4, -0.2) is 45.3 Å². The molecule has 1 aromatic carbocycles. The zero-order valence-electron chi connectivity index (χ0n) is 17.5. The van der Waals surface area contributed by atoms with Crippen molar-refractivity contribution in [2.75, 3.05) is 34.0 Å². The molecule has 3 aliphatic carbocycles. The van der Waals surface area contributed by atoms with Gasteiger partial charge in [-0.3, -0.25) is 0 Å². The molecule has 0 spiro atoms. The molecular formula is C24H36O4. The van der Waals surface area contributed by atoms with E-state index in [9.17, 15) is 5.11 Å². The lowest BCUT2D eigenvalue weighted by Gasteiger charge is -2.52. The van der Waals surface area contributed by atoms with Crippen molar-refractivity contribution in [3.63, 3.8) is 0 Å². The lowest BCUT2D eigenvalue weighted by Crippen LogP contribution is -2.46. The van der Waals surface area contributed by atoms with Crippen molar-refractivity contribution in [1.29, 1.82) is 0 Å². The average molecular weight is 389 g/mol. The lowest BCUT2D eigenvalue weighted by molar-refractivity contribution is -0.0487. The molecule has 1 aromatic rings. The zero-order chi connectivity index (χ0) is 19.6. The molecule has 5 atom stereocenters. The minimum atomic E-state index is -0.130. The molecule has 3 aliphatic rings. The Morgan fingerprint density at radius 2 is 1.96 bits per heavy atom. The van der Waals surface area contributed by atoms with Crippen molar-refractivity contribution in [1.82, 2.24) is 0 Å². The van der Waals surface area contributed by atoms with E-state index in [1.165, 1.54) is 24.8 Å². The van der Waals surface area contributed by atoms with Crippen molar-refractivity contribution in [2.24, 2.45) is 17.3 Å². The number of hydrogen-bond donors (Lipinski definition) is 1. The standard InChI is InChI=1S/C24H36O4/c1-26-14-15-28-13-3-11-24-12-10-20-19-7-5-18(27-2)16-17(19)4-6-21(20)22(24)8-9-23(24)25/h5,7,16,20-23,25H,3-4,6,8-15H2,1-2H3/t20-,21-,22+,23?,24?/m1/s1. The van der Waals surface area contributed by atoms with E-state index in [2.05, 4.69) is 18.2 Å². The van der Waals surface area contributed by atoms with Gasteiger partial charge in [0.15, 0.2) is 0 Å². The molecule has 2 fully saturated rings. The van der Waals surface area contributed by atoms with Crippen molar-refractivity contribution >= 4 is 0 Å². The number of methoxy groups -OCH3 is 2. The molecule has 0 aromatic heterocycles. The summed E-state index contributed by atoms with van der Waals surface area (Å²) in [5, 5.41) is 11.0. The van der Waals surface area contributed by atoms with Gasteiger partial charge in [-0.25, -0.2) is 0 Å². The fourth-order valence-electron chi connectivity index (χ4n) is 6.69. The van der Waals surface area contributed by atoms with Crippen LogP contribution in [-0.2, 0) is 15.9 Å². The van der Waals surface area contributed by atoms with E-state index >= 15 is 0 Å². The Balaban J connectivity index is 1.46. The minimum Gasteiger partial charge on any atom is -0.497 e. The molecular weight excluding hydrogens is 352 g/mol. The van der Waals surface area contributed by atoms with E-state index in [0.717, 1.165) is 50.4 Å². The van der Waals surface area contributed by atoms with Crippen LogP contribution in [0.1, 0.15) is 62.0 Å². The van der Waals surface area contributed by atoms with Crippen molar-refractivity contribution < 1.29 is 19.3 Å².